The molecule has 4 nitrogen and oxygen atoms in total. The van der Waals surface area contributed by atoms with E-state index >= 15 is 0 Å². The maximum atomic E-state index is 9.65. The molecule has 2 aromatic rings. The third kappa shape index (κ3) is 3.34. The highest BCUT2D eigenvalue weighted by Gasteiger charge is 2.12. The van der Waals surface area contributed by atoms with Gasteiger partial charge in [-0.25, -0.2) is 0 Å². The topological polar surface area (TPSA) is 88.2 Å². The first-order valence-electron chi connectivity index (χ1n) is 5.68. The van der Waals surface area contributed by atoms with Gasteiger partial charge in [0.15, 0.2) is 0 Å². The van der Waals surface area contributed by atoms with Crippen LogP contribution in [0.1, 0.15) is 11.1 Å². The van der Waals surface area contributed by atoms with Crippen molar-refractivity contribution in [3.05, 3.63) is 59.7 Å². The minimum Gasteiger partial charge on any atom is -0.507 e. The Morgan fingerprint density at radius 2 is 1.05 bits per heavy atom. The van der Waals surface area contributed by atoms with Crippen LogP contribution in [0.25, 0.3) is 0 Å². The summed E-state index contributed by atoms with van der Waals surface area (Å²) in [7, 11) is 2.12. The first-order valence-corrected chi connectivity index (χ1v) is 7.83. The highest BCUT2D eigenvalue weighted by molar-refractivity contribution is 8.87. The minimum atomic E-state index is 0.0414. The Bertz CT molecular complexity index is 602. The van der Waals surface area contributed by atoms with Gasteiger partial charge in [-0.15, -0.1) is 0 Å². The predicted molar refractivity (Wildman–Crippen MR) is 85.1 cm³/mol. The highest BCUT2D eigenvalue weighted by atomic mass is 33.1. The molecule has 102 valence electrons. The molecule has 4 N–H and O–H groups in total. The van der Waals surface area contributed by atoms with E-state index < -0.39 is 0 Å². The van der Waals surface area contributed by atoms with Gasteiger partial charge in [0.05, 0.1) is 0 Å². The van der Waals surface area contributed by atoms with Gasteiger partial charge in [0, 0.05) is 11.1 Å². The smallest absolute Gasteiger partial charge is 0.125 e. The number of phenols is 2. The molecule has 0 aliphatic heterocycles. The third-order valence-electron chi connectivity index (χ3n) is 2.51. The van der Waals surface area contributed by atoms with E-state index in [1.54, 1.807) is 36.4 Å². The normalized spacial score (nSPS) is 10.2. The molecule has 0 aromatic heterocycles. The monoisotopic (exact) mass is 304 g/mol. The van der Waals surface area contributed by atoms with Crippen molar-refractivity contribution in [2.75, 3.05) is 0 Å². The number of nitrogens with one attached hydrogen (secondary N) is 2. The van der Waals surface area contributed by atoms with Gasteiger partial charge in [0.25, 0.3) is 0 Å². The molecule has 20 heavy (non-hydrogen) atoms. The largest absolute Gasteiger partial charge is 0.507 e. The zero-order valence-electron chi connectivity index (χ0n) is 10.3. The summed E-state index contributed by atoms with van der Waals surface area (Å²) in [6, 6.07) is 13.2. The maximum absolute atomic E-state index is 9.65. The summed E-state index contributed by atoms with van der Waals surface area (Å²) in [6.07, 6.45) is 0. The molecule has 2 rings (SSSR count). The zero-order chi connectivity index (χ0) is 14.5. The molecule has 0 fully saturated rings. The summed E-state index contributed by atoms with van der Waals surface area (Å²) in [5, 5.41) is 35.4. The Morgan fingerprint density at radius 1 is 0.700 bits per heavy atom. The Morgan fingerprint density at radius 3 is 1.40 bits per heavy atom. The molecule has 0 unspecified atom stereocenters. The van der Waals surface area contributed by atoms with Gasteiger partial charge in [-0.1, -0.05) is 24.3 Å². The van der Waals surface area contributed by atoms with E-state index in [9.17, 15) is 10.2 Å². The summed E-state index contributed by atoms with van der Waals surface area (Å²) in [6.45, 7) is 0. The highest BCUT2D eigenvalue weighted by Crippen LogP contribution is 2.33. The quantitative estimate of drug-likeness (QED) is 0.386. The van der Waals surface area contributed by atoms with E-state index in [-0.39, 0.29) is 21.6 Å². The van der Waals surface area contributed by atoms with Crippen molar-refractivity contribution < 1.29 is 10.2 Å². The number of hydrogen-bond acceptors (Lipinski definition) is 6. The van der Waals surface area contributed by atoms with E-state index in [1.807, 2.05) is 0 Å². The van der Waals surface area contributed by atoms with Crippen molar-refractivity contribution in [2.45, 2.75) is 0 Å². The summed E-state index contributed by atoms with van der Waals surface area (Å²) in [5.74, 6) is 0.0828. The Labute approximate surface area is 124 Å². The summed E-state index contributed by atoms with van der Waals surface area (Å²) < 4.78 is 0. The van der Waals surface area contributed by atoms with Crippen LogP contribution in [0.3, 0.4) is 0 Å². The van der Waals surface area contributed by atoms with Crippen molar-refractivity contribution in [1.82, 2.24) is 0 Å². The van der Waals surface area contributed by atoms with Crippen LogP contribution in [0.15, 0.2) is 48.5 Å². The number of aromatic hydroxyl groups is 2. The average Bonchev–Trinajstić information content (AvgIpc) is 2.45. The lowest BCUT2D eigenvalue weighted by atomic mass is 10.2. The van der Waals surface area contributed by atoms with Crippen molar-refractivity contribution in [2.24, 2.45) is 0 Å². The molecule has 0 saturated heterocycles. The second-order valence-electron chi connectivity index (χ2n) is 3.86. The summed E-state index contributed by atoms with van der Waals surface area (Å²) >= 11 is 0. The molecule has 0 atom stereocenters. The molecular weight excluding hydrogens is 292 g/mol. The summed E-state index contributed by atoms with van der Waals surface area (Å²) in [5.41, 5.74) is 0.852. The molecule has 6 heteroatoms. The zero-order valence-corrected chi connectivity index (χ0v) is 12.0. The first kappa shape index (κ1) is 14.5. The SMILES string of the molecule is N=C(SSC(=N)c1ccccc1O)c1ccccc1O. The molecule has 0 aliphatic carbocycles. The molecule has 2 aromatic carbocycles. The predicted octanol–water partition coefficient (Wildman–Crippen LogP) is 3.83. The lowest BCUT2D eigenvalue weighted by Gasteiger charge is -2.07. The second kappa shape index (κ2) is 6.49. The van der Waals surface area contributed by atoms with Crippen molar-refractivity contribution in [1.29, 1.82) is 10.8 Å². The van der Waals surface area contributed by atoms with Gasteiger partial charge in [-0.05, 0) is 45.9 Å². The lowest BCUT2D eigenvalue weighted by Crippen LogP contribution is -1.96. The molecule has 0 saturated carbocycles. The fraction of sp³-hybridized carbons (Fsp3) is 0. The molecule has 0 radical (unpaired) electrons. The van der Waals surface area contributed by atoms with Crippen LogP contribution in [-0.2, 0) is 0 Å². The van der Waals surface area contributed by atoms with Gasteiger partial charge in [0.2, 0.25) is 0 Å². The lowest BCUT2D eigenvalue weighted by molar-refractivity contribution is 0.474. The van der Waals surface area contributed by atoms with Crippen molar-refractivity contribution in [3.8, 4) is 11.5 Å². The summed E-state index contributed by atoms with van der Waals surface area (Å²) in [4.78, 5) is 0. The third-order valence-corrected chi connectivity index (χ3v) is 4.61. The van der Waals surface area contributed by atoms with Crippen molar-refractivity contribution >= 4 is 31.7 Å². The number of hydrogen-bond donors (Lipinski definition) is 4. The maximum Gasteiger partial charge on any atom is 0.125 e. The Hall–Kier alpha value is -1.92. The van der Waals surface area contributed by atoms with Gasteiger partial charge >= 0.3 is 0 Å². The fourth-order valence-corrected chi connectivity index (χ4v) is 3.23. The Kier molecular flexibility index (Phi) is 4.70. The number of phenolic OH excluding ortho intramolecular Hbond substituents is 2. The Balaban J connectivity index is 2.03. The second-order valence-corrected chi connectivity index (χ2v) is 6.01. The molecule has 0 heterocycles. The molecule has 0 aliphatic rings. The van der Waals surface area contributed by atoms with E-state index in [4.69, 9.17) is 10.8 Å². The van der Waals surface area contributed by atoms with Crippen molar-refractivity contribution in [3.63, 3.8) is 0 Å². The van der Waals surface area contributed by atoms with E-state index in [0.29, 0.717) is 11.1 Å². The molecule has 0 amide bonds. The first-order chi connectivity index (χ1) is 9.59. The van der Waals surface area contributed by atoms with Gasteiger partial charge < -0.3 is 10.2 Å². The van der Waals surface area contributed by atoms with E-state index in [1.165, 1.54) is 12.1 Å². The van der Waals surface area contributed by atoms with Crippen LogP contribution < -0.4 is 0 Å². The van der Waals surface area contributed by atoms with Crippen LogP contribution in [0.4, 0.5) is 0 Å². The van der Waals surface area contributed by atoms with Crippen LogP contribution in [-0.4, -0.2) is 20.3 Å². The van der Waals surface area contributed by atoms with Crippen LogP contribution in [0.5, 0.6) is 11.5 Å². The molecule has 0 spiro atoms. The van der Waals surface area contributed by atoms with Crippen LogP contribution >= 0.6 is 21.6 Å². The van der Waals surface area contributed by atoms with E-state index in [2.05, 4.69) is 0 Å². The van der Waals surface area contributed by atoms with Crippen LogP contribution in [0, 0.1) is 10.8 Å². The fourth-order valence-electron chi connectivity index (χ4n) is 1.50. The molecule has 0 bridgehead atoms. The van der Waals surface area contributed by atoms with Gasteiger partial charge in [0.1, 0.15) is 21.6 Å². The number of benzene rings is 2. The number of rotatable bonds is 2. The standard InChI is InChI=1S/C14H12N2O2S2/c15-13(9-5-1-3-7-11(9)17)19-20-14(16)10-6-2-4-8-12(10)18/h1-8,15-18H. The van der Waals surface area contributed by atoms with Gasteiger partial charge in [-0.3, -0.25) is 10.8 Å². The van der Waals surface area contributed by atoms with Gasteiger partial charge in [-0.2, -0.15) is 0 Å². The average molecular weight is 304 g/mol. The molecular formula is C14H12N2O2S2. The number of para-hydroxylation sites is 2. The van der Waals surface area contributed by atoms with E-state index in [0.717, 1.165) is 21.6 Å². The minimum absolute atomic E-state index is 0.0414. The van der Waals surface area contributed by atoms with Crippen LogP contribution in [0.2, 0.25) is 0 Å².